The Bertz CT molecular complexity index is 310. The lowest BCUT2D eigenvalue weighted by molar-refractivity contribution is 0.142. The Balaban J connectivity index is 2.10. The molecule has 0 spiro atoms. The minimum atomic E-state index is 0.247. The van der Waals surface area contributed by atoms with Crippen molar-refractivity contribution in [2.75, 3.05) is 13.1 Å². The average Bonchev–Trinajstić information content (AvgIpc) is 2.30. The summed E-state index contributed by atoms with van der Waals surface area (Å²) in [4.78, 5) is 6.72. The molecule has 0 radical (unpaired) electrons. The normalized spacial score (nSPS) is 24.2. The second-order valence-electron chi connectivity index (χ2n) is 4.77. The van der Waals surface area contributed by atoms with E-state index in [0.29, 0.717) is 6.04 Å². The molecule has 1 fully saturated rings. The number of aromatic nitrogens is 1. The molecule has 1 aromatic rings. The molecular formula is C13H21N3. The summed E-state index contributed by atoms with van der Waals surface area (Å²) < 4.78 is 0. The van der Waals surface area contributed by atoms with Gasteiger partial charge in [-0.05, 0) is 37.9 Å². The maximum atomic E-state index is 5.91. The fourth-order valence-electron chi connectivity index (χ4n) is 2.53. The van der Waals surface area contributed by atoms with Crippen molar-refractivity contribution in [1.29, 1.82) is 0 Å². The highest BCUT2D eigenvalue weighted by molar-refractivity contribution is 5.14. The summed E-state index contributed by atoms with van der Waals surface area (Å²) in [6.45, 7) is 4.23. The van der Waals surface area contributed by atoms with Gasteiger partial charge in [-0.2, -0.15) is 0 Å². The van der Waals surface area contributed by atoms with E-state index in [-0.39, 0.29) is 6.04 Å². The molecule has 0 saturated carbocycles. The highest BCUT2D eigenvalue weighted by atomic mass is 15.2. The molecule has 2 heterocycles. The van der Waals surface area contributed by atoms with Crippen LogP contribution in [0.3, 0.4) is 0 Å². The highest BCUT2D eigenvalue weighted by Gasteiger charge is 2.24. The smallest absolute Gasteiger partial charge is 0.0364 e. The number of nitrogens with two attached hydrogens (primary N) is 1. The molecule has 0 aromatic carbocycles. The zero-order valence-electron chi connectivity index (χ0n) is 9.97. The zero-order chi connectivity index (χ0) is 11.4. The van der Waals surface area contributed by atoms with Gasteiger partial charge in [-0.3, -0.25) is 9.88 Å². The van der Waals surface area contributed by atoms with Gasteiger partial charge >= 0.3 is 0 Å². The van der Waals surface area contributed by atoms with Crippen LogP contribution in [-0.2, 0) is 0 Å². The van der Waals surface area contributed by atoms with Gasteiger partial charge in [0.15, 0.2) is 0 Å². The largest absolute Gasteiger partial charge is 0.327 e. The maximum absolute atomic E-state index is 5.91. The molecule has 1 saturated heterocycles. The summed E-state index contributed by atoms with van der Waals surface area (Å²) in [5.41, 5.74) is 7.24. The number of hydrogen-bond acceptors (Lipinski definition) is 3. The van der Waals surface area contributed by atoms with Gasteiger partial charge in [-0.1, -0.05) is 12.5 Å². The Morgan fingerprint density at radius 2 is 2.44 bits per heavy atom. The lowest BCUT2D eigenvalue weighted by atomic mass is 9.96. The monoisotopic (exact) mass is 219 g/mol. The first kappa shape index (κ1) is 11.6. The van der Waals surface area contributed by atoms with Gasteiger partial charge in [0.1, 0.15) is 0 Å². The standard InChI is InChI=1S/C13H21N3/c1-11(14)10-16-8-3-2-6-13(16)12-5-4-7-15-9-12/h4-5,7,9,11,13H,2-3,6,8,10,14H2,1H3/t11-,13-/m1/s1. The lowest BCUT2D eigenvalue weighted by Crippen LogP contribution is -2.40. The van der Waals surface area contributed by atoms with Crippen molar-refractivity contribution in [3.05, 3.63) is 30.1 Å². The van der Waals surface area contributed by atoms with Crippen LogP contribution in [0.1, 0.15) is 37.8 Å². The molecule has 2 atom stereocenters. The predicted octanol–water partition coefficient (Wildman–Crippen LogP) is 1.96. The average molecular weight is 219 g/mol. The predicted molar refractivity (Wildman–Crippen MR) is 66.1 cm³/mol. The molecule has 1 aromatic heterocycles. The van der Waals surface area contributed by atoms with Gasteiger partial charge in [0, 0.05) is 31.0 Å². The number of rotatable bonds is 3. The summed E-state index contributed by atoms with van der Waals surface area (Å²) in [5, 5.41) is 0. The van der Waals surface area contributed by atoms with E-state index in [1.165, 1.54) is 31.4 Å². The molecule has 0 amide bonds. The van der Waals surface area contributed by atoms with E-state index < -0.39 is 0 Å². The molecule has 0 aliphatic carbocycles. The third-order valence-electron chi connectivity index (χ3n) is 3.21. The van der Waals surface area contributed by atoms with Crippen molar-refractivity contribution in [1.82, 2.24) is 9.88 Å². The van der Waals surface area contributed by atoms with Crippen LogP contribution in [-0.4, -0.2) is 29.0 Å². The molecular weight excluding hydrogens is 198 g/mol. The van der Waals surface area contributed by atoms with Crippen molar-refractivity contribution in [3.8, 4) is 0 Å². The molecule has 3 nitrogen and oxygen atoms in total. The van der Waals surface area contributed by atoms with Crippen LogP contribution >= 0.6 is 0 Å². The van der Waals surface area contributed by atoms with E-state index in [4.69, 9.17) is 5.73 Å². The van der Waals surface area contributed by atoms with E-state index in [1.807, 2.05) is 18.5 Å². The van der Waals surface area contributed by atoms with Crippen LogP contribution in [0.25, 0.3) is 0 Å². The van der Waals surface area contributed by atoms with E-state index in [0.717, 1.165) is 6.54 Å². The Morgan fingerprint density at radius 1 is 1.56 bits per heavy atom. The molecule has 3 heteroatoms. The number of piperidine rings is 1. The SMILES string of the molecule is C[C@@H](N)CN1CCCC[C@@H]1c1cccnc1. The molecule has 88 valence electrons. The minimum Gasteiger partial charge on any atom is -0.327 e. The first-order chi connectivity index (χ1) is 7.77. The Hall–Kier alpha value is -0.930. The Labute approximate surface area is 97.7 Å². The van der Waals surface area contributed by atoms with Gasteiger partial charge in [-0.15, -0.1) is 0 Å². The minimum absolute atomic E-state index is 0.247. The number of nitrogens with zero attached hydrogens (tertiary/aromatic N) is 2. The first-order valence-corrected chi connectivity index (χ1v) is 6.17. The third kappa shape index (κ3) is 2.80. The van der Waals surface area contributed by atoms with Crippen LogP contribution in [0.5, 0.6) is 0 Å². The van der Waals surface area contributed by atoms with Crippen LogP contribution < -0.4 is 5.73 Å². The summed E-state index contributed by atoms with van der Waals surface area (Å²) >= 11 is 0. The number of hydrogen-bond donors (Lipinski definition) is 1. The topological polar surface area (TPSA) is 42.1 Å². The van der Waals surface area contributed by atoms with Crippen molar-refractivity contribution in [3.63, 3.8) is 0 Å². The molecule has 16 heavy (non-hydrogen) atoms. The second kappa shape index (κ2) is 5.41. The van der Waals surface area contributed by atoms with Crippen LogP contribution in [0.4, 0.5) is 0 Å². The maximum Gasteiger partial charge on any atom is 0.0364 e. The van der Waals surface area contributed by atoms with E-state index in [9.17, 15) is 0 Å². The van der Waals surface area contributed by atoms with Gasteiger partial charge in [0.2, 0.25) is 0 Å². The highest BCUT2D eigenvalue weighted by Crippen LogP contribution is 2.30. The van der Waals surface area contributed by atoms with Crippen LogP contribution in [0, 0.1) is 0 Å². The summed E-state index contributed by atoms with van der Waals surface area (Å²) in [6, 6.07) is 4.97. The lowest BCUT2D eigenvalue weighted by Gasteiger charge is -2.36. The molecule has 1 aliphatic heterocycles. The molecule has 0 unspecified atom stereocenters. The van der Waals surface area contributed by atoms with E-state index >= 15 is 0 Å². The zero-order valence-corrected chi connectivity index (χ0v) is 9.97. The van der Waals surface area contributed by atoms with Crippen LogP contribution in [0.15, 0.2) is 24.5 Å². The third-order valence-corrected chi connectivity index (χ3v) is 3.21. The number of likely N-dealkylation sites (tertiary alicyclic amines) is 1. The van der Waals surface area contributed by atoms with Gasteiger partial charge < -0.3 is 5.73 Å². The van der Waals surface area contributed by atoms with Crippen molar-refractivity contribution in [2.24, 2.45) is 5.73 Å². The Kier molecular flexibility index (Phi) is 3.91. The fourth-order valence-corrected chi connectivity index (χ4v) is 2.53. The Morgan fingerprint density at radius 3 is 3.12 bits per heavy atom. The van der Waals surface area contributed by atoms with Crippen molar-refractivity contribution < 1.29 is 0 Å². The molecule has 2 N–H and O–H groups in total. The molecule has 0 bridgehead atoms. The van der Waals surface area contributed by atoms with E-state index in [1.54, 1.807) is 0 Å². The molecule has 2 rings (SSSR count). The summed E-state index contributed by atoms with van der Waals surface area (Å²) in [5.74, 6) is 0. The van der Waals surface area contributed by atoms with Gasteiger partial charge in [0.25, 0.3) is 0 Å². The van der Waals surface area contributed by atoms with Crippen molar-refractivity contribution in [2.45, 2.75) is 38.3 Å². The van der Waals surface area contributed by atoms with Gasteiger partial charge in [0.05, 0.1) is 0 Å². The second-order valence-corrected chi connectivity index (χ2v) is 4.77. The van der Waals surface area contributed by atoms with Crippen LogP contribution in [0.2, 0.25) is 0 Å². The first-order valence-electron chi connectivity index (χ1n) is 6.17. The van der Waals surface area contributed by atoms with E-state index in [2.05, 4.69) is 22.9 Å². The summed E-state index contributed by atoms with van der Waals surface area (Å²) in [6.07, 6.45) is 7.67. The van der Waals surface area contributed by atoms with Crippen molar-refractivity contribution >= 4 is 0 Å². The quantitative estimate of drug-likeness (QED) is 0.845. The summed E-state index contributed by atoms with van der Waals surface area (Å²) in [7, 11) is 0. The van der Waals surface area contributed by atoms with Gasteiger partial charge in [-0.25, -0.2) is 0 Å². The number of pyridine rings is 1. The fraction of sp³-hybridized carbons (Fsp3) is 0.615. The molecule has 1 aliphatic rings.